The molecule has 18 heavy (non-hydrogen) atoms. The first-order valence-electron chi connectivity index (χ1n) is 5.67. The number of benzene rings is 1. The molecule has 0 saturated carbocycles. The molecule has 0 aliphatic heterocycles. The molecule has 0 radical (unpaired) electrons. The van der Waals surface area contributed by atoms with Crippen molar-refractivity contribution in [1.82, 2.24) is 0 Å². The second-order valence-corrected chi connectivity index (χ2v) is 4.89. The van der Waals surface area contributed by atoms with Crippen LogP contribution < -0.4 is 0 Å². The average Bonchev–Trinajstić information content (AvgIpc) is 2.26. The Morgan fingerprint density at radius 3 is 2.28 bits per heavy atom. The Labute approximate surface area is 114 Å². The minimum absolute atomic E-state index is 0.272. The number of halogens is 1. The molecule has 0 unspecified atom stereocenters. The van der Waals surface area contributed by atoms with Crippen LogP contribution in [0.3, 0.4) is 0 Å². The Morgan fingerprint density at radius 1 is 1.22 bits per heavy atom. The van der Waals surface area contributed by atoms with E-state index in [1.165, 1.54) is 6.07 Å². The molecule has 1 aromatic rings. The molecule has 1 rings (SSSR count). The van der Waals surface area contributed by atoms with Crippen molar-refractivity contribution in [3.05, 3.63) is 65.5 Å². The molecule has 0 aliphatic carbocycles. The van der Waals surface area contributed by atoms with Gasteiger partial charge < -0.3 is 0 Å². The Morgan fingerprint density at radius 2 is 1.83 bits per heavy atom. The first kappa shape index (κ1) is 14.5. The zero-order chi connectivity index (χ0) is 13.9. The standard InChI is InChI=1S/C16H17FS/c1-10(2)8-12(5)14-7-6-13(9-15(14)17)16(18)11(3)4/h6-9H,1,3H2,2,4-5H3/b12-8+. The van der Waals surface area contributed by atoms with Crippen molar-refractivity contribution in [1.29, 1.82) is 0 Å². The van der Waals surface area contributed by atoms with Crippen LogP contribution in [0.2, 0.25) is 0 Å². The van der Waals surface area contributed by atoms with Gasteiger partial charge in [-0.05, 0) is 43.5 Å². The van der Waals surface area contributed by atoms with E-state index < -0.39 is 0 Å². The highest BCUT2D eigenvalue weighted by Gasteiger charge is 2.08. The van der Waals surface area contributed by atoms with Crippen molar-refractivity contribution < 1.29 is 4.39 Å². The highest BCUT2D eigenvalue weighted by Crippen LogP contribution is 2.21. The molecule has 1 aromatic carbocycles. The predicted octanol–water partition coefficient (Wildman–Crippen LogP) is 5.10. The normalized spacial score (nSPS) is 11.2. The van der Waals surface area contributed by atoms with Gasteiger partial charge in [-0.25, -0.2) is 4.39 Å². The first-order valence-corrected chi connectivity index (χ1v) is 6.07. The van der Waals surface area contributed by atoms with Crippen LogP contribution in [0.25, 0.3) is 5.57 Å². The quantitative estimate of drug-likeness (QED) is 0.314. The second kappa shape index (κ2) is 5.87. The van der Waals surface area contributed by atoms with Crippen molar-refractivity contribution in [2.45, 2.75) is 20.8 Å². The maximum Gasteiger partial charge on any atom is 0.131 e. The molecule has 0 nitrogen and oxygen atoms in total. The molecule has 0 amide bonds. The summed E-state index contributed by atoms with van der Waals surface area (Å²) in [7, 11) is 0. The lowest BCUT2D eigenvalue weighted by molar-refractivity contribution is 0.623. The molecular weight excluding hydrogens is 243 g/mol. The SMILES string of the molecule is C=C(C)/C=C(\C)c1ccc(C(=S)C(=C)C)cc1F. The largest absolute Gasteiger partial charge is 0.206 e. The lowest BCUT2D eigenvalue weighted by Crippen LogP contribution is -2.00. The van der Waals surface area contributed by atoms with E-state index in [0.29, 0.717) is 16.0 Å². The van der Waals surface area contributed by atoms with E-state index in [4.69, 9.17) is 12.2 Å². The zero-order valence-corrected chi connectivity index (χ0v) is 11.8. The van der Waals surface area contributed by atoms with Gasteiger partial charge in [0.1, 0.15) is 5.82 Å². The van der Waals surface area contributed by atoms with Crippen LogP contribution >= 0.6 is 12.2 Å². The van der Waals surface area contributed by atoms with E-state index in [-0.39, 0.29) is 5.82 Å². The minimum Gasteiger partial charge on any atom is -0.206 e. The van der Waals surface area contributed by atoms with Crippen molar-refractivity contribution in [3.63, 3.8) is 0 Å². The van der Waals surface area contributed by atoms with Crippen LogP contribution in [0, 0.1) is 5.82 Å². The Balaban J connectivity index is 3.19. The van der Waals surface area contributed by atoms with E-state index >= 15 is 0 Å². The van der Waals surface area contributed by atoms with Crippen LogP contribution in [0.15, 0.2) is 48.6 Å². The number of hydrogen-bond donors (Lipinski definition) is 0. The fraction of sp³-hybridized carbons (Fsp3) is 0.188. The van der Waals surface area contributed by atoms with Crippen LogP contribution in [-0.2, 0) is 0 Å². The molecule has 0 aliphatic rings. The first-order chi connectivity index (χ1) is 8.32. The summed E-state index contributed by atoms with van der Waals surface area (Å²) in [5, 5.41) is 0. The predicted molar refractivity (Wildman–Crippen MR) is 81.4 cm³/mol. The molecule has 0 aromatic heterocycles. The summed E-state index contributed by atoms with van der Waals surface area (Å²) in [5.41, 5.74) is 3.79. The summed E-state index contributed by atoms with van der Waals surface area (Å²) in [5.74, 6) is -0.272. The van der Waals surface area contributed by atoms with Crippen LogP contribution in [0.5, 0.6) is 0 Å². The third kappa shape index (κ3) is 3.47. The zero-order valence-electron chi connectivity index (χ0n) is 11.0. The Kier molecular flexibility index (Phi) is 4.74. The summed E-state index contributed by atoms with van der Waals surface area (Å²) < 4.78 is 14.0. The number of allylic oxidation sites excluding steroid dienone is 4. The molecule has 94 valence electrons. The number of rotatable bonds is 4. The molecular formula is C16H17FS. The van der Waals surface area contributed by atoms with E-state index in [9.17, 15) is 4.39 Å². The second-order valence-electron chi connectivity index (χ2n) is 4.48. The molecule has 0 spiro atoms. The van der Waals surface area contributed by atoms with E-state index in [0.717, 1.165) is 16.7 Å². The monoisotopic (exact) mass is 260 g/mol. The number of thiocarbonyl (C=S) groups is 1. The summed E-state index contributed by atoms with van der Waals surface area (Å²) in [6.45, 7) is 13.1. The molecule has 0 N–H and O–H groups in total. The maximum atomic E-state index is 14.0. The Bertz CT molecular complexity index is 550. The van der Waals surface area contributed by atoms with Gasteiger partial charge >= 0.3 is 0 Å². The van der Waals surface area contributed by atoms with Gasteiger partial charge in [-0.2, -0.15) is 0 Å². The van der Waals surface area contributed by atoms with Crippen LogP contribution in [0.4, 0.5) is 4.39 Å². The van der Waals surface area contributed by atoms with Crippen molar-refractivity contribution in [2.75, 3.05) is 0 Å². The molecule has 0 bridgehead atoms. The van der Waals surface area contributed by atoms with Gasteiger partial charge in [-0.1, -0.05) is 49.2 Å². The van der Waals surface area contributed by atoms with Gasteiger partial charge in [0.15, 0.2) is 0 Å². The molecule has 0 heterocycles. The molecule has 2 heteroatoms. The fourth-order valence-corrected chi connectivity index (χ4v) is 1.80. The van der Waals surface area contributed by atoms with Crippen LogP contribution in [0.1, 0.15) is 31.9 Å². The van der Waals surface area contributed by atoms with Gasteiger partial charge in [-0.3, -0.25) is 0 Å². The summed E-state index contributed by atoms with van der Waals surface area (Å²) in [4.78, 5) is 0.599. The van der Waals surface area contributed by atoms with Crippen molar-refractivity contribution in [2.24, 2.45) is 0 Å². The van der Waals surface area contributed by atoms with Gasteiger partial charge in [0.05, 0.1) is 0 Å². The number of hydrogen-bond acceptors (Lipinski definition) is 1. The third-order valence-electron chi connectivity index (χ3n) is 2.51. The maximum absolute atomic E-state index is 14.0. The fourth-order valence-electron chi connectivity index (χ4n) is 1.67. The molecule has 0 atom stereocenters. The topological polar surface area (TPSA) is 0 Å². The Hall–Kier alpha value is -1.54. The highest BCUT2D eigenvalue weighted by molar-refractivity contribution is 7.81. The summed E-state index contributed by atoms with van der Waals surface area (Å²) >= 11 is 5.19. The summed E-state index contributed by atoms with van der Waals surface area (Å²) in [6, 6.07) is 5.03. The highest BCUT2D eigenvalue weighted by atomic mass is 32.1. The van der Waals surface area contributed by atoms with E-state index in [1.54, 1.807) is 6.07 Å². The third-order valence-corrected chi connectivity index (χ3v) is 3.09. The van der Waals surface area contributed by atoms with E-state index in [2.05, 4.69) is 13.2 Å². The van der Waals surface area contributed by atoms with Gasteiger partial charge in [-0.15, -0.1) is 0 Å². The van der Waals surface area contributed by atoms with Crippen molar-refractivity contribution >= 4 is 22.7 Å². The smallest absolute Gasteiger partial charge is 0.131 e. The molecule has 0 fully saturated rings. The van der Waals surface area contributed by atoms with Gasteiger partial charge in [0, 0.05) is 10.4 Å². The van der Waals surface area contributed by atoms with Gasteiger partial charge in [0.25, 0.3) is 0 Å². The van der Waals surface area contributed by atoms with Crippen LogP contribution in [-0.4, -0.2) is 4.86 Å². The average molecular weight is 260 g/mol. The lowest BCUT2D eigenvalue weighted by Gasteiger charge is -2.08. The van der Waals surface area contributed by atoms with Crippen molar-refractivity contribution in [3.8, 4) is 0 Å². The van der Waals surface area contributed by atoms with E-state index in [1.807, 2.05) is 32.9 Å². The minimum atomic E-state index is -0.272. The summed E-state index contributed by atoms with van der Waals surface area (Å²) in [6.07, 6.45) is 1.86. The lowest BCUT2D eigenvalue weighted by atomic mass is 10.00. The van der Waals surface area contributed by atoms with Gasteiger partial charge in [0.2, 0.25) is 0 Å². The molecule has 0 saturated heterocycles.